The minimum Gasteiger partial charge on any atom is -0.394 e. The third kappa shape index (κ3) is 5.97. The first kappa shape index (κ1) is 20.1. The Labute approximate surface area is 155 Å². The van der Waals surface area contributed by atoms with Crippen molar-refractivity contribution in [2.45, 2.75) is 39.3 Å². The average Bonchev–Trinajstić information content (AvgIpc) is 3.01. The first-order chi connectivity index (χ1) is 12.4. The van der Waals surface area contributed by atoms with Gasteiger partial charge in [0.15, 0.2) is 0 Å². The van der Waals surface area contributed by atoms with E-state index in [4.69, 9.17) is 0 Å². The summed E-state index contributed by atoms with van der Waals surface area (Å²) in [7, 11) is 1.82. The Morgan fingerprint density at radius 1 is 1.19 bits per heavy atom. The van der Waals surface area contributed by atoms with Crippen LogP contribution in [-0.2, 0) is 18.3 Å². The summed E-state index contributed by atoms with van der Waals surface area (Å²) in [5.74, 6) is 0.523. The second kappa shape index (κ2) is 9.50. The number of carbonyl (C=O) groups excluding carboxylic acids is 1. The number of aliphatic hydroxyl groups is 1. The number of benzene rings is 1. The van der Waals surface area contributed by atoms with Crippen molar-refractivity contribution in [1.29, 1.82) is 0 Å². The molecular weight excluding hydrogens is 328 g/mol. The highest BCUT2D eigenvalue weighted by atomic mass is 16.3. The van der Waals surface area contributed by atoms with E-state index in [1.165, 1.54) is 5.56 Å². The molecule has 1 aromatic heterocycles. The predicted octanol–water partition coefficient (Wildman–Crippen LogP) is 2.12. The molecule has 2 rings (SSSR count). The molecule has 1 heterocycles. The number of nitrogens with zero attached hydrogens (tertiary/aromatic N) is 2. The third-order valence-electron chi connectivity index (χ3n) is 4.32. The summed E-state index contributed by atoms with van der Waals surface area (Å²) in [6, 6.07) is 8.02. The lowest BCUT2D eigenvalue weighted by atomic mass is 10.00. The van der Waals surface area contributed by atoms with Gasteiger partial charge in [-0.3, -0.25) is 14.8 Å². The first-order valence-electron chi connectivity index (χ1n) is 9.10. The highest BCUT2D eigenvalue weighted by Gasteiger charge is 2.15. The highest BCUT2D eigenvalue weighted by molar-refractivity contribution is 5.78. The minimum absolute atomic E-state index is 0.0663. The van der Waals surface area contributed by atoms with Crippen molar-refractivity contribution in [3.05, 3.63) is 53.3 Å². The zero-order chi connectivity index (χ0) is 19.1. The lowest BCUT2D eigenvalue weighted by molar-refractivity contribution is -0.121. The number of aromatic nitrogens is 2. The normalized spacial score (nSPS) is 13.6. The van der Waals surface area contributed by atoms with E-state index in [0.717, 1.165) is 17.5 Å². The molecule has 0 saturated heterocycles. The summed E-state index contributed by atoms with van der Waals surface area (Å²) in [6.45, 7) is 6.42. The summed E-state index contributed by atoms with van der Waals surface area (Å²) < 4.78 is 1.67. The van der Waals surface area contributed by atoms with E-state index in [9.17, 15) is 9.90 Å². The Morgan fingerprint density at radius 2 is 1.88 bits per heavy atom. The fourth-order valence-electron chi connectivity index (χ4n) is 2.91. The summed E-state index contributed by atoms with van der Waals surface area (Å²) in [5, 5.41) is 19.7. The monoisotopic (exact) mass is 358 g/mol. The Bertz CT molecular complexity index is 694. The standard InChI is InChI=1S/C20H30N4O2/c1-14(2)9-16-5-7-17(8-6-16)15(3)23-20(26)11-21-19(13-25)18-10-22-24(4)12-18/h5-8,10,12,14-15,19,21,25H,9,11,13H2,1-4H3,(H,23,26)/t15-,19-/m1/s1. The predicted molar refractivity (Wildman–Crippen MR) is 103 cm³/mol. The molecule has 2 aromatic rings. The van der Waals surface area contributed by atoms with E-state index in [1.807, 2.05) is 20.2 Å². The Hall–Kier alpha value is -2.18. The van der Waals surface area contributed by atoms with E-state index in [-0.39, 0.29) is 31.1 Å². The molecule has 26 heavy (non-hydrogen) atoms. The van der Waals surface area contributed by atoms with Crippen LogP contribution in [0.2, 0.25) is 0 Å². The molecule has 6 heteroatoms. The Morgan fingerprint density at radius 3 is 2.42 bits per heavy atom. The van der Waals surface area contributed by atoms with E-state index < -0.39 is 0 Å². The van der Waals surface area contributed by atoms with Gasteiger partial charge in [-0.1, -0.05) is 38.1 Å². The molecule has 0 spiro atoms. The lowest BCUT2D eigenvalue weighted by Crippen LogP contribution is -2.37. The second-order valence-corrected chi connectivity index (χ2v) is 7.19. The van der Waals surface area contributed by atoms with E-state index in [2.05, 4.69) is 53.8 Å². The Kier molecular flexibility index (Phi) is 7.36. The third-order valence-corrected chi connectivity index (χ3v) is 4.32. The van der Waals surface area contributed by atoms with Crippen LogP contribution in [0.25, 0.3) is 0 Å². The molecule has 6 nitrogen and oxygen atoms in total. The maximum atomic E-state index is 12.2. The fourth-order valence-corrected chi connectivity index (χ4v) is 2.91. The van der Waals surface area contributed by atoms with Crippen molar-refractivity contribution >= 4 is 5.91 Å². The molecule has 3 N–H and O–H groups in total. The number of rotatable bonds is 9. The first-order valence-corrected chi connectivity index (χ1v) is 9.10. The molecular formula is C20H30N4O2. The fraction of sp³-hybridized carbons (Fsp3) is 0.500. The quantitative estimate of drug-likeness (QED) is 0.641. The van der Waals surface area contributed by atoms with Gasteiger partial charge in [-0.05, 0) is 30.4 Å². The number of hydrogen-bond acceptors (Lipinski definition) is 4. The molecule has 142 valence electrons. The zero-order valence-corrected chi connectivity index (χ0v) is 16.1. The molecule has 1 aromatic carbocycles. The molecule has 2 atom stereocenters. The van der Waals surface area contributed by atoms with Crippen LogP contribution in [0.5, 0.6) is 0 Å². The zero-order valence-electron chi connectivity index (χ0n) is 16.1. The van der Waals surface area contributed by atoms with Crippen molar-refractivity contribution in [2.75, 3.05) is 13.2 Å². The van der Waals surface area contributed by atoms with Crippen molar-refractivity contribution in [3.8, 4) is 0 Å². The topological polar surface area (TPSA) is 79.2 Å². The van der Waals surface area contributed by atoms with E-state index in [1.54, 1.807) is 10.9 Å². The van der Waals surface area contributed by atoms with E-state index >= 15 is 0 Å². The highest BCUT2D eigenvalue weighted by Crippen LogP contribution is 2.15. The summed E-state index contributed by atoms with van der Waals surface area (Å²) in [4.78, 5) is 12.2. The second-order valence-electron chi connectivity index (χ2n) is 7.19. The molecule has 0 aliphatic carbocycles. The van der Waals surface area contributed by atoms with Gasteiger partial charge in [0, 0.05) is 18.8 Å². The summed E-state index contributed by atoms with van der Waals surface area (Å²) >= 11 is 0. The lowest BCUT2D eigenvalue weighted by Gasteiger charge is -2.18. The van der Waals surface area contributed by atoms with Crippen LogP contribution >= 0.6 is 0 Å². The average molecular weight is 358 g/mol. The number of hydrogen-bond donors (Lipinski definition) is 3. The Balaban J connectivity index is 1.84. The molecule has 0 fully saturated rings. The molecule has 0 aliphatic heterocycles. The SMILES string of the molecule is CC(C)Cc1ccc([C@@H](C)NC(=O)CN[C@H](CO)c2cnn(C)c2)cc1. The van der Waals surface area contributed by atoms with Crippen LogP contribution in [0.3, 0.4) is 0 Å². The van der Waals surface area contributed by atoms with Gasteiger partial charge < -0.3 is 10.4 Å². The maximum Gasteiger partial charge on any atom is 0.234 e. The van der Waals surface area contributed by atoms with Crippen LogP contribution < -0.4 is 10.6 Å². The largest absolute Gasteiger partial charge is 0.394 e. The van der Waals surface area contributed by atoms with Crippen LogP contribution in [0, 0.1) is 5.92 Å². The maximum absolute atomic E-state index is 12.2. The van der Waals surface area contributed by atoms with Gasteiger partial charge in [-0.15, -0.1) is 0 Å². The van der Waals surface area contributed by atoms with Crippen molar-refractivity contribution < 1.29 is 9.90 Å². The summed E-state index contributed by atoms with van der Waals surface area (Å²) in [6.07, 6.45) is 4.57. The molecule has 0 radical (unpaired) electrons. The number of aryl methyl sites for hydroxylation is 1. The molecule has 0 bridgehead atoms. The molecule has 0 unspecified atom stereocenters. The minimum atomic E-state index is -0.305. The molecule has 0 aliphatic rings. The van der Waals surface area contributed by atoms with Crippen LogP contribution in [0.1, 0.15) is 49.5 Å². The van der Waals surface area contributed by atoms with Gasteiger partial charge in [0.1, 0.15) is 0 Å². The summed E-state index contributed by atoms with van der Waals surface area (Å²) in [5.41, 5.74) is 3.25. The van der Waals surface area contributed by atoms with Gasteiger partial charge >= 0.3 is 0 Å². The number of aliphatic hydroxyl groups excluding tert-OH is 1. The van der Waals surface area contributed by atoms with Crippen LogP contribution in [0.15, 0.2) is 36.7 Å². The van der Waals surface area contributed by atoms with Gasteiger partial charge in [0.25, 0.3) is 0 Å². The smallest absolute Gasteiger partial charge is 0.234 e. The molecule has 0 saturated carbocycles. The van der Waals surface area contributed by atoms with Gasteiger partial charge in [0.05, 0.1) is 31.4 Å². The van der Waals surface area contributed by atoms with Crippen molar-refractivity contribution in [3.63, 3.8) is 0 Å². The van der Waals surface area contributed by atoms with Gasteiger partial charge in [0.2, 0.25) is 5.91 Å². The van der Waals surface area contributed by atoms with Crippen LogP contribution in [0.4, 0.5) is 0 Å². The van der Waals surface area contributed by atoms with Crippen LogP contribution in [-0.4, -0.2) is 33.9 Å². The number of carbonyl (C=O) groups is 1. The molecule has 1 amide bonds. The number of nitrogens with one attached hydrogen (secondary N) is 2. The van der Waals surface area contributed by atoms with E-state index in [0.29, 0.717) is 5.92 Å². The van der Waals surface area contributed by atoms with Crippen molar-refractivity contribution in [1.82, 2.24) is 20.4 Å². The van der Waals surface area contributed by atoms with Gasteiger partial charge in [-0.2, -0.15) is 5.10 Å². The van der Waals surface area contributed by atoms with Crippen molar-refractivity contribution in [2.24, 2.45) is 13.0 Å². The number of amides is 1. The van der Waals surface area contributed by atoms with Gasteiger partial charge in [-0.25, -0.2) is 0 Å².